The zero-order valence-electron chi connectivity index (χ0n) is 18.1. The smallest absolute Gasteiger partial charge is 0.335 e. The van der Waals surface area contributed by atoms with E-state index in [1.165, 1.54) is 26.4 Å². The highest BCUT2D eigenvalue weighted by Crippen LogP contribution is 2.28. The highest BCUT2D eigenvalue weighted by Gasteiger charge is 2.11. The molecule has 3 rings (SSSR count). The molecule has 1 amide bonds. The molecule has 0 saturated heterocycles. The topological polar surface area (TPSA) is 118 Å². The van der Waals surface area contributed by atoms with Crippen LogP contribution in [0.15, 0.2) is 71.8 Å². The first kappa shape index (κ1) is 23.1. The Balaban J connectivity index is 1.60. The lowest BCUT2D eigenvalue weighted by molar-refractivity contribution is -0.118. The van der Waals surface area contributed by atoms with Gasteiger partial charge < -0.3 is 24.6 Å². The minimum absolute atomic E-state index is 0.160. The molecule has 0 unspecified atom stereocenters. The summed E-state index contributed by atoms with van der Waals surface area (Å²) in [4.78, 5) is 23.3. The molecule has 0 aromatic heterocycles. The molecule has 0 bridgehead atoms. The van der Waals surface area contributed by atoms with Gasteiger partial charge in [-0.05, 0) is 54.1 Å². The number of carbonyl (C=O) groups is 2. The van der Waals surface area contributed by atoms with Gasteiger partial charge in [0.2, 0.25) is 0 Å². The Kier molecular flexibility index (Phi) is 7.85. The number of nitrogens with zero attached hydrogens (tertiary/aromatic N) is 1. The lowest BCUT2D eigenvalue weighted by Crippen LogP contribution is -2.20. The van der Waals surface area contributed by atoms with Gasteiger partial charge >= 0.3 is 5.97 Å². The molecule has 0 aliphatic rings. The predicted molar refractivity (Wildman–Crippen MR) is 125 cm³/mol. The van der Waals surface area contributed by atoms with Crippen LogP contribution in [0.25, 0.3) is 0 Å². The van der Waals surface area contributed by atoms with Crippen molar-refractivity contribution in [3.8, 4) is 17.2 Å². The summed E-state index contributed by atoms with van der Waals surface area (Å²) in [6.45, 7) is -0.219. The number of nitrogens with one attached hydrogen (secondary N) is 2. The normalized spacial score (nSPS) is 10.5. The molecule has 3 aromatic rings. The number of ether oxygens (including phenoxy) is 3. The van der Waals surface area contributed by atoms with Gasteiger partial charge in [0.1, 0.15) is 5.75 Å². The first-order valence-electron chi connectivity index (χ1n) is 9.86. The standard InChI is InChI=1S/C24H23N3O6/c1-31-20-9-4-3-8-19(20)26-23(28)15-33-21-11-10-16(12-22(21)32-2)14-25-27-18-7-5-6-17(13-18)24(29)30/h3-14,27H,15H2,1-2H3,(H,26,28)(H,29,30)/b25-14-. The number of hydrogen-bond donors (Lipinski definition) is 3. The number of rotatable bonds is 10. The fourth-order valence-electron chi connectivity index (χ4n) is 2.86. The van der Waals surface area contributed by atoms with Crippen molar-refractivity contribution in [1.29, 1.82) is 0 Å². The van der Waals surface area contributed by atoms with Crippen LogP contribution < -0.4 is 25.0 Å². The van der Waals surface area contributed by atoms with E-state index in [2.05, 4.69) is 15.8 Å². The largest absolute Gasteiger partial charge is 0.495 e. The van der Waals surface area contributed by atoms with Gasteiger partial charge in [0.15, 0.2) is 18.1 Å². The van der Waals surface area contributed by atoms with E-state index in [1.54, 1.807) is 54.7 Å². The summed E-state index contributed by atoms with van der Waals surface area (Å²) < 4.78 is 16.2. The van der Waals surface area contributed by atoms with Gasteiger partial charge in [0.25, 0.3) is 5.91 Å². The monoisotopic (exact) mass is 449 g/mol. The van der Waals surface area contributed by atoms with Gasteiger partial charge in [0.05, 0.1) is 37.4 Å². The van der Waals surface area contributed by atoms with E-state index in [0.717, 1.165) is 0 Å². The van der Waals surface area contributed by atoms with Gasteiger partial charge in [-0.25, -0.2) is 4.79 Å². The summed E-state index contributed by atoms with van der Waals surface area (Å²) in [7, 11) is 3.02. The summed E-state index contributed by atoms with van der Waals surface area (Å²) >= 11 is 0. The molecule has 3 aromatic carbocycles. The van der Waals surface area contributed by atoms with Crippen LogP contribution >= 0.6 is 0 Å². The molecular formula is C24H23N3O6. The zero-order valence-corrected chi connectivity index (χ0v) is 18.1. The second-order valence-electron chi connectivity index (χ2n) is 6.70. The SMILES string of the molecule is COc1ccccc1NC(=O)COc1ccc(/C=N\Nc2cccc(C(=O)O)c2)cc1OC. The zero-order chi connectivity index (χ0) is 23.6. The van der Waals surface area contributed by atoms with E-state index in [1.807, 2.05) is 6.07 Å². The molecule has 9 heteroatoms. The number of benzene rings is 3. The summed E-state index contributed by atoms with van der Waals surface area (Å²) in [5, 5.41) is 15.9. The molecule has 0 atom stereocenters. The highest BCUT2D eigenvalue weighted by molar-refractivity contribution is 5.93. The van der Waals surface area contributed by atoms with Crippen LogP contribution in [0.2, 0.25) is 0 Å². The predicted octanol–water partition coefficient (Wildman–Crippen LogP) is 3.87. The summed E-state index contributed by atoms with van der Waals surface area (Å²) in [6, 6.07) is 18.5. The fraction of sp³-hybridized carbons (Fsp3) is 0.125. The van der Waals surface area contributed by atoms with E-state index in [-0.39, 0.29) is 18.1 Å². The van der Waals surface area contributed by atoms with Crippen LogP contribution in [0.1, 0.15) is 15.9 Å². The van der Waals surface area contributed by atoms with E-state index in [9.17, 15) is 9.59 Å². The lowest BCUT2D eigenvalue weighted by atomic mass is 10.2. The average molecular weight is 449 g/mol. The van der Waals surface area contributed by atoms with Crippen LogP contribution in [0.4, 0.5) is 11.4 Å². The third-order valence-corrected chi connectivity index (χ3v) is 4.44. The van der Waals surface area contributed by atoms with Crippen LogP contribution in [0.5, 0.6) is 17.2 Å². The van der Waals surface area contributed by atoms with Crippen molar-refractivity contribution in [3.05, 3.63) is 77.9 Å². The van der Waals surface area contributed by atoms with Crippen LogP contribution in [0.3, 0.4) is 0 Å². The Morgan fingerprint density at radius 2 is 1.73 bits per heavy atom. The second-order valence-corrected chi connectivity index (χ2v) is 6.70. The van der Waals surface area contributed by atoms with Gasteiger partial charge in [-0.1, -0.05) is 18.2 Å². The number of amides is 1. The first-order valence-corrected chi connectivity index (χ1v) is 9.86. The summed E-state index contributed by atoms with van der Waals surface area (Å²) in [5.41, 5.74) is 4.74. The molecule has 33 heavy (non-hydrogen) atoms. The molecule has 3 N–H and O–H groups in total. The van der Waals surface area contributed by atoms with Crippen molar-refractivity contribution >= 4 is 29.5 Å². The molecule has 0 aliphatic heterocycles. The molecule has 9 nitrogen and oxygen atoms in total. The van der Waals surface area contributed by atoms with E-state index < -0.39 is 5.97 Å². The Labute approximate surface area is 190 Å². The quantitative estimate of drug-likeness (QED) is 0.318. The Hall–Kier alpha value is -4.53. The lowest BCUT2D eigenvalue weighted by Gasteiger charge is -2.12. The number of para-hydroxylation sites is 2. The van der Waals surface area contributed by atoms with E-state index in [0.29, 0.717) is 34.2 Å². The summed E-state index contributed by atoms with van der Waals surface area (Å²) in [6.07, 6.45) is 1.55. The van der Waals surface area contributed by atoms with Crippen molar-refractivity contribution < 1.29 is 28.9 Å². The third kappa shape index (κ3) is 6.47. The average Bonchev–Trinajstić information content (AvgIpc) is 2.83. The van der Waals surface area contributed by atoms with Gasteiger partial charge in [-0.2, -0.15) is 5.10 Å². The molecule has 0 radical (unpaired) electrons. The van der Waals surface area contributed by atoms with Crippen molar-refractivity contribution in [2.24, 2.45) is 5.10 Å². The number of anilines is 2. The number of carboxylic acid groups (broad SMARTS) is 1. The number of hydrogen-bond acceptors (Lipinski definition) is 7. The van der Waals surface area contributed by atoms with Gasteiger partial charge in [0, 0.05) is 0 Å². The van der Waals surface area contributed by atoms with Crippen LogP contribution in [-0.2, 0) is 4.79 Å². The highest BCUT2D eigenvalue weighted by atomic mass is 16.5. The maximum absolute atomic E-state index is 12.3. The third-order valence-electron chi connectivity index (χ3n) is 4.44. The van der Waals surface area contributed by atoms with Crippen LogP contribution in [0, 0.1) is 0 Å². The summed E-state index contributed by atoms with van der Waals surface area (Å²) in [5.74, 6) is 0.0127. The molecule has 0 saturated carbocycles. The fourth-order valence-corrected chi connectivity index (χ4v) is 2.86. The maximum atomic E-state index is 12.3. The Morgan fingerprint density at radius 1 is 0.939 bits per heavy atom. The number of methoxy groups -OCH3 is 2. The first-order chi connectivity index (χ1) is 16.0. The van der Waals surface area contributed by atoms with E-state index in [4.69, 9.17) is 19.3 Å². The number of aromatic carboxylic acids is 1. The minimum atomic E-state index is -1.01. The van der Waals surface area contributed by atoms with Crippen molar-refractivity contribution in [1.82, 2.24) is 0 Å². The number of carbonyl (C=O) groups excluding carboxylic acids is 1. The molecule has 0 fully saturated rings. The number of hydrazone groups is 1. The number of carboxylic acids is 1. The molecular weight excluding hydrogens is 426 g/mol. The van der Waals surface area contributed by atoms with Crippen molar-refractivity contribution in [2.75, 3.05) is 31.6 Å². The van der Waals surface area contributed by atoms with Crippen molar-refractivity contribution in [2.45, 2.75) is 0 Å². The van der Waals surface area contributed by atoms with Crippen LogP contribution in [-0.4, -0.2) is 44.0 Å². The molecule has 0 heterocycles. The van der Waals surface area contributed by atoms with Gasteiger partial charge in [-0.15, -0.1) is 0 Å². The Bertz CT molecular complexity index is 1160. The maximum Gasteiger partial charge on any atom is 0.335 e. The van der Waals surface area contributed by atoms with E-state index >= 15 is 0 Å². The molecule has 0 aliphatic carbocycles. The Morgan fingerprint density at radius 3 is 2.48 bits per heavy atom. The second kappa shape index (κ2) is 11.2. The minimum Gasteiger partial charge on any atom is -0.495 e. The van der Waals surface area contributed by atoms with Crippen molar-refractivity contribution in [3.63, 3.8) is 0 Å². The van der Waals surface area contributed by atoms with Gasteiger partial charge in [-0.3, -0.25) is 10.2 Å². The molecule has 0 spiro atoms. The molecule has 170 valence electrons.